The molecule has 1 unspecified atom stereocenters. The summed E-state index contributed by atoms with van der Waals surface area (Å²) >= 11 is 18.7. The standard InChI is InChI=1S/C20H23Cl3O/c1-13-5-8-16(18(23)9-13)19(11-20(2,3)4)24-12-14-6-7-15(21)10-17(14)22/h5-10,19H,11-12H2,1-4H3. The van der Waals surface area contributed by atoms with Crippen LogP contribution in [0.2, 0.25) is 15.1 Å². The number of hydrogen-bond acceptors (Lipinski definition) is 1. The zero-order valence-corrected chi connectivity index (χ0v) is 16.8. The Bertz CT molecular complexity index is 705. The molecule has 0 amide bonds. The Morgan fingerprint density at radius 3 is 2.25 bits per heavy atom. The molecule has 0 aliphatic carbocycles. The summed E-state index contributed by atoms with van der Waals surface area (Å²) in [5.41, 5.74) is 3.19. The highest BCUT2D eigenvalue weighted by molar-refractivity contribution is 6.35. The highest BCUT2D eigenvalue weighted by atomic mass is 35.5. The van der Waals surface area contributed by atoms with Gasteiger partial charge in [0.2, 0.25) is 0 Å². The van der Waals surface area contributed by atoms with E-state index in [2.05, 4.69) is 32.9 Å². The lowest BCUT2D eigenvalue weighted by molar-refractivity contribution is 0.0131. The first kappa shape index (κ1) is 19.6. The van der Waals surface area contributed by atoms with Crippen molar-refractivity contribution >= 4 is 34.8 Å². The van der Waals surface area contributed by atoms with Gasteiger partial charge in [0.05, 0.1) is 12.7 Å². The summed E-state index contributed by atoms with van der Waals surface area (Å²) in [6.45, 7) is 9.03. The van der Waals surface area contributed by atoms with E-state index in [1.165, 1.54) is 0 Å². The van der Waals surface area contributed by atoms with Crippen LogP contribution in [0.15, 0.2) is 36.4 Å². The normalized spacial score (nSPS) is 13.1. The van der Waals surface area contributed by atoms with Crippen LogP contribution in [0.4, 0.5) is 0 Å². The number of halogens is 3. The van der Waals surface area contributed by atoms with E-state index >= 15 is 0 Å². The Labute approximate surface area is 159 Å². The van der Waals surface area contributed by atoms with Gasteiger partial charge in [-0.2, -0.15) is 0 Å². The molecule has 1 atom stereocenters. The van der Waals surface area contributed by atoms with Crippen molar-refractivity contribution in [2.75, 3.05) is 0 Å². The molecule has 0 fully saturated rings. The third-order valence-corrected chi connectivity index (χ3v) is 4.67. The van der Waals surface area contributed by atoms with E-state index in [0.29, 0.717) is 16.7 Å². The van der Waals surface area contributed by atoms with Crippen molar-refractivity contribution in [2.45, 2.75) is 46.8 Å². The Morgan fingerprint density at radius 1 is 0.958 bits per heavy atom. The number of ether oxygens (including phenoxy) is 1. The van der Waals surface area contributed by atoms with Crippen LogP contribution in [-0.2, 0) is 11.3 Å². The smallest absolute Gasteiger partial charge is 0.0848 e. The van der Waals surface area contributed by atoms with E-state index in [1.807, 2.05) is 25.1 Å². The van der Waals surface area contributed by atoms with Gasteiger partial charge in [0, 0.05) is 15.1 Å². The largest absolute Gasteiger partial charge is 0.369 e. The number of rotatable bonds is 5. The van der Waals surface area contributed by atoms with Gasteiger partial charge in [-0.25, -0.2) is 0 Å². The maximum atomic E-state index is 6.46. The topological polar surface area (TPSA) is 9.23 Å². The maximum Gasteiger partial charge on any atom is 0.0848 e. The number of benzene rings is 2. The van der Waals surface area contributed by atoms with Crippen molar-refractivity contribution < 1.29 is 4.74 Å². The minimum absolute atomic E-state index is 0.0927. The molecule has 0 N–H and O–H groups in total. The molecular weight excluding hydrogens is 363 g/mol. The summed E-state index contributed by atoms with van der Waals surface area (Å²) < 4.78 is 6.22. The molecular formula is C20H23Cl3O. The molecule has 2 rings (SSSR count). The first-order valence-corrected chi connectivity index (χ1v) is 9.11. The van der Waals surface area contributed by atoms with Crippen molar-refractivity contribution in [3.63, 3.8) is 0 Å². The van der Waals surface area contributed by atoms with Gasteiger partial charge in [0.25, 0.3) is 0 Å². The molecule has 0 aliphatic heterocycles. The molecule has 130 valence electrons. The fourth-order valence-electron chi connectivity index (χ4n) is 2.54. The third kappa shape index (κ3) is 5.67. The van der Waals surface area contributed by atoms with Gasteiger partial charge in [-0.3, -0.25) is 0 Å². The van der Waals surface area contributed by atoms with Crippen molar-refractivity contribution in [3.05, 3.63) is 68.2 Å². The van der Waals surface area contributed by atoms with Gasteiger partial charge in [0.1, 0.15) is 0 Å². The van der Waals surface area contributed by atoms with Crippen LogP contribution in [0.3, 0.4) is 0 Å². The molecule has 0 heterocycles. The van der Waals surface area contributed by atoms with E-state index in [4.69, 9.17) is 39.5 Å². The highest BCUT2D eigenvalue weighted by Gasteiger charge is 2.23. The fourth-order valence-corrected chi connectivity index (χ4v) is 3.36. The molecule has 24 heavy (non-hydrogen) atoms. The molecule has 0 bridgehead atoms. The summed E-state index contributed by atoms with van der Waals surface area (Å²) in [4.78, 5) is 0. The zero-order valence-electron chi connectivity index (χ0n) is 14.5. The van der Waals surface area contributed by atoms with Crippen LogP contribution >= 0.6 is 34.8 Å². The minimum Gasteiger partial charge on any atom is -0.369 e. The van der Waals surface area contributed by atoms with E-state index in [0.717, 1.165) is 28.1 Å². The second-order valence-electron chi connectivity index (χ2n) is 7.33. The van der Waals surface area contributed by atoms with Gasteiger partial charge >= 0.3 is 0 Å². The Kier molecular flexibility index (Phi) is 6.61. The second kappa shape index (κ2) is 8.10. The Morgan fingerprint density at radius 2 is 1.67 bits per heavy atom. The summed E-state index contributed by atoms with van der Waals surface area (Å²) in [6.07, 6.45) is 0.769. The third-order valence-electron chi connectivity index (χ3n) is 3.76. The molecule has 0 spiro atoms. The van der Waals surface area contributed by atoms with Crippen LogP contribution in [0.1, 0.15) is 50.0 Å². The lowest BCUT2D eigenvalue weighted by atomic mass is 9.86. The van der Waals surface area contributed by atoms with E-state index in [1.54, 1.807) is 6.07 Å². The fraction of sp³-hybridized carbons (Fsp3) is 0.400. The van der Waals surface area contributed by atoms with E-state index in [9.17, 15) is 0 Å². The average molecular weight is 386 g/mol. The monoisotopic (exact) mass is 384 g/mol. The van der Waals surface area contributed by atoms with Crippen LogP contribution < -0.4 is 0 Å². The molecule has 2 aromatic rings. The zero-order chi connectivity index (χ0) is 17.9. The quantitative estimate of drug-likeness (QED) is 0.513. The molecule has 0 saturated heterocycles. The minimum atomic E-state index is -0.0927. The van der Waals surface area contributed by atoms with E-state index in [-0.39, 0.29) is 11.5 Å². The highest BCUT2D eigenvalue weighted by Crippen LogP contribution is 2.37. The molecule has 4 heteroatoms. The van der Waals surface area contributed by atoms with Crippen LogP contribution in [0.5, 0.6) is 0 Å². The summed E-state index contributed by atoms with van der Waals surface area (Å²) in [5, 5.41) is 1.98. The lowest BCUT2D eigenvalue weighted by Crippen LogP contribution is -2.15. The first-order valence-electron chi connectivity index (χ1n) is 7.97. The molecule has 0 aromatic heterocycles. The number of hydrogen-bond donors (Lipinski definition) is 0. The molecule has 1 nitrogen and oxygen atoms in total. The lowest BCUT2D eigenvalue weighted by Gasteiger charge is -2.27. The van der Waals surface area contributed by atoms with Gasteiger partial charge in [-0.1, -0.05) is 73.8 Å². The first-order chi connectivity index (χ1) is 11.2. The predicted octanol–water partition coefficient (Wildman–Crippen LogP) is 7.65. The Balaban J connectivity index is 2.23. The molecule has 2 aromatic carbocycles. The Hall–Kier alpha value is -0.730. The van der Waals surface area contributed by atoms with Crippen molar-refractivity contribution in [1.82, 2.24) is 0 Å². The van der Waals surface area contributed by atoms with Crippen LogP contribution in [0.25, 0.3) is 0 Å². The molecule has 0 saturated carbocycles. The van der Waals surface area contributed by atoms with Crippen molar-refractivity contribution in [3.8, 4) is 0 Å². The van der Waals surface area contributed by atoms with E-state index < -0.39 is 0 Å². The van der Waals surface area contributed by atoms with Crippen molar-refractivity contribution in [2.24, 2.45) is 5.41 Å². The number of aryl methyl sites for hydroxylation is 1. The molecule has 0 aliphatic rings. The maximum absolute atomic E-state index is 6.46. The second-order valence-corrected chi connectivity index (χ2v) is 8.58. The van der Waals surface area contributed by atoms with Crippen molar-refractivity contribution in [1.29, 1.82) is 0 Å². The molecule has 0 radical (unpaired) electrons. The summed E-state index contributed by atoms with van der Waals surface area (Å²) in [7, 11) is 0. The average Bonchev–Trinajstić information content (AvgIpc) is 2.44. The van der Waals surface area contributed by atoms with Gasteiger partial charge < -0.3 is 4.74 Å². The summed E-state index contributed by atoms with van der Waals surface area (Å²) in [6, 6.07) is 11.6. The van der Waals surface area contributed by atoms with Gasteiger partial charge in [-0.05, 0) is 53.6 Å². The van der Waals surface area contributed by atoms with Crippen LogP contribution in [-0.4, -0.2) is 0 Å². The summed E-state index contributed by atoms with van der Waals surface area (Å²) in [5.74, 6) is 0. The van der Waals surface area contributed by atoms with Gasteiger partial charge in [0.15, 0.2) is 0 Å². The SMILES string of the molecule is Cc1ccc(C(CC(C)(C)C)OCc2ccc(Cl)cc2Cl)c(Cl)c1. The van der Waals surface area contributed by atoms with Crippen LogP contribution in [0, 0.1) is 12.3 Å². The predicted molar refractivity (Wildman–Crippen MR) is 104 cm³/mol. The van der Waals surface area contributed by atoms with Gasteiger partial charge in [-0.15, -0.1) is 0 Å².